The fraction of sp³-hybridized carbons (Fsp3) is 0.579. The fourth-order valence-corrected chi connectivity index (χ4v) is 3.10. The Morgan fingerprint density at radius 1 is 0.917 bits per heavy atom. The van der Waals surface area contributed by atoms with E-state index in [1.54, 1.807) is 0 Å². The van der Waals surface area contributed by atoms with Crippen molar-refractivity contribution in [2.45, 2.75) is 58.9 Å². The highest BCUT2D eigenvalue weighted by atomic mass is 35.5. The summed E-state index contributed by atoms with van der Waals surface area (Å²) >= 11 is 0. The van der Waals surface area contributed by atoms with E-state index >= 15 is 0 Å². The molecule has 1 heterocycles. The summed E-state index contributed by atoms with van der Waals surface area (Å²) in [6, 6.07) is 11.5. The molecule has 1 aromatic carbocycles. The monoisotopic (exact) mass is 394 g/mol. The van der Waals surface area contributed by atoms with Gasteiger partial charge in [0.25, 0.3) is 0 Å². The predicted octanol–water partition coefficient (Wildman–Crippen LogP) is 6.79. The summed E-state index contributed by atoms with van der Waals surface area (Å²) < 4.78 is 0. The van der Waals surface area contributed by atoms with Crippen LogP contribution in [-0.2, 0) is 0 Å². The Balaban J connectivity index is 0. The molecule has 0 bridgehead atoms. The standard InChI is InChI=1S/C19H30N2.3ClH/c1-4-7-13-21(14-8-5-2)19(6-3)18-15-16-11-9-10-12-17(16)20-18;;;/h9-12,15,19-20H,4-8,13-14H2,1-3H3;3*1H. The molecule has 1 aromatic heterocycles. The number of hydrogen-bond acceptors (Lipinski definition) is 1. The summed E-state index contributed by atoms with van der Waals surface area (Å²) in [6.07, 6.45) is 6.29. The van der Waals surface area contributed by atoms with Crippen molar-refractivity contribution in [3.63, 3.8) is 0 Å². The number of aromatic nitrogens is 1. The molecule has 140 valence electrons. The molecular weight excluding hydrogens is 363 g/mol. The summed E-state index contributed by atoms with van der Waals surface area (Å²) in [6.45, 7) is 9.29. The highest BCUT2D eigenvalue weighted by Crippen LogP contribution is 2.27. The molecule has 0 radical (unpaired) electrons. The minimum Gasteiger partial charge on any atom is -0.357 e. The fourth-order valence-electron chi connectivity index (χ4n) is 3.10. The Kier molecular flexibility index (Phi) is 14.9. The zero-order chi connectivity index (χ0) is 15.1. The van der Waals surface area contributed by atoms with Crippen LogP contribution in [0, 0.1) is 0 Å². The van der Waals surface area contributed by atoms with Gasteiger partial charge in [0.1, 0.15) is 0 Å². The van der Waals surface area contributed by atoms with E-state index in [9.17, 15) is 0 Å². The Bertz CT molecular complexity index is 501. The Morgan fingerprint density at radius 3 is 2.00 bits per heavy atom. The lowest BCUT2D eigenvalue weighted by Crippen LogP contribution is -2.30. The topological polar surface area (TPSA) is 19.0 Å². The number of nitrogens with one attached hydrogen (secondary N) is 1. The van der Waals surface area contributed by atoms with Crippen molar-refractivity contribution in [3.8, 4) is 0 Å². The smallest absolute Gasteiger partial charge is 0.0496 e. The molecule has 2 rings (SSSR count). The van der Waals surface area contributed by atoms with Crippen molar-refractivity contribution in [1.29, 1.82) is 0 Å². The molecular formula is C19H33Cl3N2. The molecule has 1 N–H and O–H groups in total. The van der Waals surface area contributed by atoms with E-state index in [1.807, 2.05) is 0 Å². The Morgan fingerprint density at radius 2 is 1.50 bits per heavy atom. The van der Waals surface area contributed by atoms with E-state index in [0.717, 1.165) is 0 Å². The van der Waals surface area contributed by atoms with Gasteiger partial charge < -0.3 is 4.98 Å². The second kappa shape index (κ2) is 13.8. The molecule has 0 spiro atoms. The minimum absolute atomic E-state index is 0. The van der Waals surface area contributed by atoms with Crippen LogP contribution in [0.3, 0.4) is 0 Å². The van der Waals surface area contributed by atoms with Crippen LogP contribution in [0.2, 0.25) is 0 Å². The van der Waals surface area contributed by atoms with Gasteiger partial charge in [-0.3, -0.25) is 4.90 Å². The Hall–Kier alpha value is -0.410. The van der Waals surface area contributed by atoms with Gasteiger partial charge in [0, 0.05) is 17.3 Å². The molecule has 0 saturated carbocycles. The molecule has 0 aliphatic rings. The molecule has 24 heavy (non-hydrogen) atoms. The number of para-hydroxylation sites is 1. The van der Waals surface area contributed by atoms with Gasteiger partial charge in [-0.15, -0.1) is 37.2 Å². The Labute approximate surface area is 166 Å². The van der Waals surface area contributed by atoms with Crippen LogP contribution in [0.4, 0.5) is 0 Å². The quantitative estimate of drug-likeness (QED) is 0.495. The molecule has 0 fully saturated rings. The van der Waals surface area contributed by atoms with Gasteiger partial charge in [0.2, 0.25) is 0 Å². The van der Waals surface area contributed by atoms with Gasteiger partial charge in [-0.2, -0.15) is 0 Å². The number of halogens is 3. The van der Waals surface area contributed by atoms with Gasteiger partial charge in [0.15, 0.2) is 0 Å². The van der Waals surface area contributed by atoms with E-state index < -0.39 is 0 Å². The number of unbranched alkanes of at least 4 members (excludes halogenated alkanes) is 2. The largest absolute Gasteiger partial charge is 0.357 e. The van der Waals surface area contributed by atoms with E-state index in [1.165, 1.54) is 61.8 Å². The molecule has 5 heteroatoms. The molecule has 0 aliphatic carbocycles. The van der Waals surface area contributed by atoms with Gasteiger partial charge in [-0.1, -0.05) is 51.8 Å². The number of rotatable bonds is 9. The highest BCUT2D eigenvalue weighted by Gasteiger charge is 2.19. The first-order valence-corrected chi connectivity index (χ1v) is 8.61. The molecule has 0 aliphatic heterocycles. The summed E-state index contributed by atoms with van der Waals surface area (Å²) in [5.41, 5.74) is 2.64. The van der Waals surface area contributed by atoms with E-state index in [4.69, 9.17) is 0 Å². The zero-order valence-electron chi connectivity index (χ0n) is 15.1. The first kappa shape index (κ1) is 25.8. The lowest BCUT2D eigenvalue weighted by Gasteiger charge is -2.30. The number of fused-ring (bicyclic) bond motifs is 1. The average molecular weight is 396 g/mol. The SMILES string of the molecule is CCCCN(CCCC)C(CC)c1cc2ccccc2[nH]1.Cl.Cl.Cl. The third kappa shape index (κ3) is 6.84. The molecule has 0 saturated heterocycles. The number of benzene rings is 1. The van der Waals surface area contributed by atoms with Crippen molar-refractivity contribution in [1.82, 2.24) is 9.88 Å². The normalized spacial score (nSPS) is 11.5. The number of hydrogen-bond donors (Lipinski definition) is 1. The molecule has 1 atom stereocenters. The van der Waals surface area contributed by atoms with Crippen LogP contribution < -0.4 is 0 Å². The second-order valence-electron chi connectivity index (χ2n) is 5.98. The second-order valence-corrected chi connectivity index (χ2v) is 5.98. The van der Waals surface area contributed by atoms with Crippen molar-refractivity contribution < 1.29 is 0 Å². The summed E-state index contributed by atoms with van der Waals surface area (Å²) in [5.74, 6) is 0. The van der Waals surface area contributed by atoms with Crippen LogP contribution >= 0.6 is 37.2 Å². The van der Waals surface area contributed by atoms with Crippen LogP contribution in [0.1, 0.15) is 64.6 Å². The predicted molar refractivity (Wildman–Crippen MR) is 114 cm³/mol. The summed E-state index contributed by atoms with van der Waals surface area (Å²) in [4.78, 5) is 6.32. The van der Waals surface area contributed by atoms with E-state index in [0.29, 0.717) is 6.04 Å². The third-order valence-corrected chi connectivity index (χ3v) is 4.34. The summed E-state index contributed by atoms with van der Waals surface area (Å²) in [7, 11) is 0. The molecule has 0 amide bonds. The zero-order valence-corrected chi connectivity index (χ0v) is 17.5. The first-order valence-electron chi connectivity index (χ1n) is 8.61. The maximum absolute atomic E-state index is 3.64. The van der Waals surface area contributed by atoms with E-state index in [2.05, 4.69) is 61.0 Å². The lowest BCUT2D eigenvalue weighted by atomic mass is 10.1. The maximum Gasteiger partial charge on any atom is 0.0496 e. The van der Waals surface area contributed by atoms with Crippen molar-refractivity contribution in [3.05, 3.63) is 36.0 Å². The number of nitrogens with zero attached hydrogens (tertiary/aromatic N) is 1. The molecule has 1 unspecified atom stereocenters. The molecule has 2 nitrogen and oxygen atoms in total. The van der Waals surface area contributed by atoms with Gasteiger partial charge in [-0.25, -0.2) is 0 Å². The first-order chi connectivity index (χ1) is 10.3. The van der Waals surface area contributed by atoms with Crippen molar-refractivity contribution in [2.75, 3.05) is 13.1 Å². The number of H-pyrrole nitrogens is 1. The van der Waals surface area contributed by atoms with Crippen molar-refractivity contribution in [2.24, 2.45) is 0 Å². The van der Waals surface area contributed by atoms with Crippen LogP contribution in [0.25, 0.3) is 10.9 Å². The summed E-state index contributed by atoms with van der Waals surface area (Å²) in [5, 5.41) is 1.33. The van der Waals surface area contributed by atoms with Crippen molar-refractivity contribution >= 4 is 48.1 Å². The maximum atomic E-state index is 3.64. The van der Waals surface area contributed by atoms with Crippen LogP contribution in [-0.4, -0.2) is 23.0 Å². The highest BCUT2D eigenvalue weighted by molar-refractivity contribution is 5.86. The van der Waals surface area contributed by atoms with Gasteiger partial charge >= 0.3 is 0 Å². The van der Waals surface area contributed by atoms with Crippen LogP contribution in [0.15, 0.2) is 30.3 Å². The van der Waals surface area contributed by atoms with Gasteiger partial charge in [0.05, 0.1) is 0 Å². The van der Waals surface area contributed by atoms with E-state index in [-0.39, 0.29) is 37.2 Å². The lowest BCUT2D eigenvalue weighted by molar-refractivity contribution is 0.183. The number of aromatic amines is 1. The van der Waals surface area contributed by atoms with Gasteiger partial charge in [-0.05, 0) is 49.9 Å². The third-order valence-electron chi connectivity index (χ3n) is 4.34. The molecule has 2 aromatic rings. The minimum atomic E-state index is 0. The van der Waals surface area contributed by atoms with Crippen LogP contribution in [0.5, 0.6) is 0 Å². The average Bonchev–Trinajstić information content (AvgIpc) is 2.93.